The summed E-state index contributed by atoms with van der Waals surface area (Å²) >= 11 is 0. The second-order valence-electron chi connectivity index (χ2n) is 6.92. The van der Waals surface area contributed by atoms with Crippen molar-refractivity contribution in [2.75, 3.05) is 14.2 Å². The van der Waals surface area contributed by atoms with Gasteiger partial charge in [0.1, 0.15) is 11.5 Å². The molecule has 0 bridgehead atoms. The molecule has 6 heteroatoms. The number of benzene rings is 2. The topological polar surface area (TPSA) is 54.1 Å². The molecule has 0 atom stereocenters. The first-order valence-electron chi connectivity index (χ1n) is 9.67. The molecule has 0 saturated heterocycles. The largest absolute Gasteiger partial charge is 0.497 e. The molecule has 30 heavy (non-hydrogen) atoms. The van der Waals surface area contributed by atoms with E-state index in [-0.39, 0.29) is 0 Å². The summed E-state index contributed by atoms with van der Waals surface area (Å²) < 4.78 is 14.4. The van der Waals surface area contributed by atoms with Crippen molar-refractivity contribution in [3.8, 4) is 11.5 Å². The number of rotatable bonds is 8. The van der Waals surface area contributed by atoms with E-state index >= 15 is 0 Å². The Morgan fingerprint density at radius 3 is 1.47 bits per heavy atom. The van der Waals surface area contributed by atoms with Gasteiger partial charge < -0.3 is 9.47 Å². The van der Waals surface area contributed by atoms with Gasteiger partial charge in [0.05, 0.1) is 38.7 Å². The van der Waals surface area contributed by atoms with Gasteiger partial charge >= 0.3 is 0 Å². The van der Waals surface area contributed by atoms with Crippen LogP contribution in [0.1, 0.15) is 22.5 Å². The lowest BCUT2D eigenvalue weighted by molar-refractivity contribution is 0.414. The molecule has 2 aromatic carbocycles. The Morgan fingerprint density at radius 2 is 1.10 bits per heavy atom. The lowest BCUT2D eigenvalue weighted by Gasteiger charge is -2.13. The molecule has 0 radical (unpaired) electrons. The Balaban J connectivity index is 1.54. The Hall–Kier alpha value is -3.80. The standard InChI is InChI=1S/C24H24N4O2/c1-18(23-12-14-25-27(23)16-19-4-8-21(29-2)9-5-19)24-13-15-26-28(24)17-20-6-10-22(30-3)11-7-20/h4-15H,1,16-17H2,2-3H3. The molecule has 2 heterocycles. The predicted molar refractivity (Wildman–Crippen MR) is 117 cm³/mol. The highest BCUT2D eigenvalue weighted by Crippen LogP contribution is 2.23. The van der Waals surface area contributed by atoms with E-state index in [1.807, 2.05) is 70.0 Å². The number of hydrogen-bond acceptors (Lipinski definition) is 4. The van der Waals surface area contributed by atoms with Crippen LogP contribution in [0.15, 0.2) is 79.6 Å². The monoisotopic (exact) mass is 400 g/mol. The zero-order chi connectivity index (χ0) is 20.9. The molecule has 152 valence electrons. The molecule has 2 aromatic heterocycles. The third-order valence-corrected chi connectivity index (χ3v) is 5.03. The van der Waals surface area contributed by atoms with Gasteiger partial charge in [-0.05, 0) is 47.5 Å². The highest BCUT2D eigenvalue weighted by molar-refractivity contribution is 5.74. The summed E-state index contributed by atoms with van der Waals surface area (Å²) in [6.45, 7) is 5.64. The molecule has 0 N–H and O–H groups in total. The number of methoxy groups -OCH3 is 2. The van der Waals surface area contributed by atoms with Crippen molar-refractivity contribution < 1.29 is 9.47 Å². The maximum Gasteiger partial charge on any atom is 0.118 e. The number of nitrogens with zero attached hydrogens (tertiary/aromatic N) is 4. The molecule has 0 fully saturated rings. The summed E-state index contributed by atoms with van der Waals surface area (Å²) in [6.07, 6.45) is 3.60. The average Bonchev–Trinajstić information content (AvgIpc) is 3.44. The minimum atomic E-state index is 0.651. The van der Waals surface area contributed by atoms with E-state index < -0.39 is 0 Å². The summed E-state index contributed by atoms with van der Waals surface area (Å²) in [5.74, 6) is 1.68. The fourth-order valence-corrected chi connectivity index (χ4v) is 3.37. The van der Waals surface area contributed by atoms with Crippen molar-refractivity contribution in [2.24, 2.45) is 0 Å². The molecule has 4 rings (SSSR count). The van der Waals surface area contributed by atoms with Crippen LogP contribution in [0.25, 0.3) is 5.57 Å². The van der Waals surface area contributed by atoms with Gasteiger partial charge in [0.15, 0.2) is 0 Å². The van der Waals surface area contributed by atoms with Crippen LogP contribution in [0.3, 0.4) is 0 Å². The molecule has 6 nitrogen and oxygen atoms in total. The predicted octanol–water partition coefficient (Wildman–Crippen LogP) is 4.25. The molecule has 0 aliphatic carbocycles. The van der Waals surface area contributed by atoms with E-state index in [1.54, 1.807) is 26.6 Å². The zero-order valence-electron chi connectivity index (χ0n) is 17.2. The van der Waals surface area contributed by atoms with E-state index in [4.69, 9.17) is 9.47 Å². The summed E-state index contributed by atoms with van der Waals surface area (Å²) in [5, 5.41) is 9.00. The van der Waals surface area contributed by atoms with Crippen LogP contribution in [0.4, 0.5) is 0 Å². The van der Waals surface area contributed by atoms with Gasteiger partial charge in [0.2, 0.25) is 0 Å². The van der Waals surface area contributed by atoms with Crippen molar-refractivity contribution in [1.29, 1.82) is 0 Å². The molecule has 0 aliphatic heterocycles. The van der Waals surface area contributed by atoms with Crippen LogP contribution in [-0.2, 0) is 13.1 Å². The first-order valence-corrected chi connectivity index (χ1v) is 9.67. The fourth-order valence-electron chi connectivity index (χ4n) is 3.37. The molecule has 0 spiro atoms. The summed E-state index contributed by atoms with van der Waals surface area (Å²) in [5.41, 5.74) is 5.08. The Labute approximate surface area is 176 Å². The summed E-state index contributed by atoms with van der Waals surface area (Å²) in [6, 6.07) is 20.0. The lowest BCUT2D eigenvalue weighted by atomic mass is 10.1. The van der Waals surface area contributed by atoms with Gasteiger partial charge in [-0.1, -0.05) is 30.8 Å². The molecule has 0 aliphatic rings. The Kier molecular flexibility index (Phi) is 5.66. The van der Waals surface area contributed by atoms with Gasteiger partial charge in [-0.3, -0.25) is 9.36 Å². The second-order valence-corrected chi connectivity index (χ2v) is 6.92. The highest BCUT2D eigenvalue weighted by Gasteiger charge is 2.14. The normalized spacial score (nSPS) is 10.7. The van der Waals surface area contributed by atoms with Crippen LogP contribution < -0.4 is 9.47 Å². The van der Waals surface area contributed by atoms with Crippen LogP contribution in [0, 0.1) is 0 Å². The second kappa shape index (κ2) is 8.69. The minimum absolute atomic E-state index is 0.651. The van der Waals surface area contributed by atoms with Gasteiger partial charge in [-0.25, -0.2) is 0 Å². The van der Waals surface area contributed by atoms with E-state index in [0.29, 0.717) is 13.1 Å². The van der Waals surface area contributed by atoms with Crippen LogP contribution in [-0.4, -0.2) is 33.8 Å². The fraction of sp³-hybridized carbons (Fsp3) is 0.167. The highest BCUT2D eigenvalue weighted by atomic mass is 16.5. The van der Waals surface area contributed by atoms with Crippen LogP contribution in [0.2, 0.25) is 0 Å². The number of aromatic nitrogens is 4. The molecule has 4 aromatic rings. The van der Waals surface area contributed by atoms with E-state index in [0.717, 1.165) is 39.6 Å². The smallest absolute Gasteiger partial charge is 0.118 e. The Bertz CT molecular complexity index is 1030. The van der Waals surface area contributed by atoms with Crippen molar-refractivity contribution in [3.63, 3.8) is 0 Å². The first-order chi connectivity index (χ1) is 14.7. The molecular weight excluding hydrogens is 376 g/mol. The third kappa shape index (κ3) is 4.12. The van der Waals surface area contributed by atoms with Crippen LogP contribution >= 0.6 is 0 Å². The maximum absolute atomic E-state index is 5.24. The van der Waals surface area contributed by atoms with E-state index in [9.17, 15) is 0 Å². The average molecular weight is 400 g/mol. The van der Waals surface area contributed by atoms with Crippen molar-refractivity contribution in [2.45, 2.75) is 13.1 Å². The van der Waals surface area contributed by atoms with E-state index in [2.05, 4.69) is 16.8 Å². The zero-order valence-corrected chi connectivity index (χ0v) is 17.2. The molecule has 0 amide bonds. The molecular formula is C24H24N4O2. The van der Waals surface area contributed by atoms with Gasteiger partial charge in [0, 0.05) is 18.0 Å². The number of hydrogen-bond donors (Lipinski definition) is 0. The Morgan fingerprint density at radius 1 is 0.700 bits per heavy atom. The minimum Gasteiger partial charge on any atom is -0.497 e. The maximum atomic E-state index is 5.24. The van der Waals surface area contributed by atoms with Crippen molar-refractivity contribution >= 4 is 5.57 Å². The van der Waals surface area contributed by atoms with Gasteiger partial charge in [0.25, 0.3) is 0 Å². The van der Waals surface area contributed by atoms with Crippen molar-refractivity contribution in [3.05, 3.63) is 102 Å². The summed E-state index contributed by atoms with van der Waals surface area (Å²) in [7, 11) is 3.33. The summed E-state index contributed by atoms with van der Waals surface area (Å²) in [4.78, 5) is 0. The SMILES string of the molecule is C=C(c1ccnn1Cc1ccc(OC)cc1)c1ccnn1Cc1ccc(OC)cc1. The quantitative estimate of drug-likeness (QED) is 0.444. The van der Waals surface area contributed by atoms with E-state index in [1.165, 1.54) is 0 Å². The number of ether oxygens (including phenoxy) is 2. The first kappa shape index (κ1) is 19.5. The van der Waals surface area contributed by atoms with Crippen molar-refractivity contribution in [1.82, 2.24) is 19.6 Å². The van der Waals surface area contributed by atoms with Gasteiger partial charge in [-0.2, -0.15) is 10.2 Å². The third-order valence-electron chi connectivity index (χ3n) is 5.03. The van der Waals surface area contributed by atoms with Crippen LogP contribution in [0.5, 0.6) is 11.5 Å². The van der Waals surface area contributed by atoms with Gasteiger partial charge in [-0.15, -0.1) is 0 Å². The molecule has 0 unspecified atom stereocenters. The molecule has 0 saturated carbocycles. The lowest BCUT2D eigenvalue weighted by Crippen LogP contribution is -2.10.